The first-order valence-corrected chi connectivity index (χ1v) is 11.3. The number of ketones is 1. The minimum Gasteiger partial charge on any atom is -0.397 e. The van der Waals surface area contributed by atoms with Crippen LogP contribution in [-0.4, -0.2) is 31.3 Å². The number of rotatable bonds is 10. The van der Waals surface area contributed by atoms with Gasteiger partial charge in [0.05, 0.1) is 11.4 Å². The molecule has 5 heteroatoms. The van der Waals surface area contributed by atoms with E-state index in [0.29, 0.717) is 35.1 Å². The zero-order valence-electron chi connectivity index (χ0n) is 19.2. The summed E-state index contributed by atoms with van der Waals surface area (Å²) >= 11 is 0. The highest BCUT2D eigenvalue weighted by molar-refractivity contribution is 5.98. The molecule has 30 heavy (non-hydrogen) atoms. The van der Waals surface area contributed by atoms with E-state index in [-0.39, 0.29) is 17.7 Å². The van der Waals surface area contributed by atoms with Crippen molar-refractivity contribution in [2.45, 2.75) is 71.8 Å². The number of carbonyl (C=O) groups excluding carboxylic acids is 2. The summed E-state index contributed by atoms with van der Waals surface area (Å²) in [5, 5.41) is 3.13. The van der Waals surface area contributed by atoms with E-state index in [1.807, 2.05) is 19.2 Å². The third-order valence-electron chi connectivity index (χ3n) is 6.16. The van der Waals surface area contributed by atoms with Crippen LogP contribution in [0.1, 0.15) is 76.1 Å². The number of amides is 1. The molecule has 1 aromatic carbocycles. The van der Waals surface area contributed by atoms with Crippen LogP contribution >= 0.6 is 0 Å². The molecule has 1 aliphatic carbocycles. The maximum absolute atomic E-state index is 13.0. The normalized spacial score (nSPS) is 15.6. The van der Waals surface area contributed by atoms with Gasteiger partial charge in [-0.2, -0.15) is 0 Å². The molecule has 0 heterocycles. The minimum atomic E-state index is -0.164. The molecule has 1 fully saturated rings. The molecule has 166 valence electrons. The van der Waals surface area contributed by atoms with Crippen molar-refractivity contribution in [1.29, 1.82) is 0 Å². The predicted octanol–water partition coefficient (Wildman–Crippen LogP) is 4.97. The lowest BCUT2D eigenvalue weighted by molar-refractivity contribution is -0.116. The quantitative estimate of drug-likeness (QED) is 0.420. The third-order valence-corrected chi connectivity index (χ3v) is 6.16. The van der Waals surface area contributed by atoms with E-state index in [4.69, 9.17) is 5.73 Å². The Bertz CT molecular complexity index is 751. The second kappa shape index (κ2) is 11.2. The largest absolute Gasteiger partial charge is 0.397 e. The van der Waals surface area contributed by atoms with Gasteiger partial charge in [-0.05, 0) is 61.8 Å². The molecule has 0 aromatic heterocycles. The van der Waals surface area contributed by atoms with Crippen molar-refractivity contribution >= 4 is 23.1 Å². The fourth-order valence-corrected chi connectivity index (χ4v) is 4.11. The molecule has 1 unspecified atom stereocenters. The number of nitrogens with zero attached hydrogens (tertiary/aromatic N) is 1. The highest BCUT2D eigenvalue weighted by atomic mass is 16.2. The maximum atomic E-state index is 13.0. The highest BCUT2D eigenvalue weighted by Crippen LogP contribution is 2.29. The van der Waals surface area contributed by atoms with Crippen LogP contribution in [0.5, 0.6) is 0 Å². The average molecular weight is 414 g/mol. The van der Waals surface area contributed by atoms with E-state index >= 15 is 0 Å². The Hall–Kier alpha value is -2.30. The second-order valence-corrected chi connectivity index (χ2v) is 9.26. The Morgan fingerprint density at radius 1 is 1.23 bits per heavy atom. The molecule has 0 spiro atoms. The summed E-state index contributed by atoms with van der Waals surface area (Å²) in [7, 11) is 2.02. The first kappa shape index (κ1) is 24.0. The topological polar surface area (TPSA) is 75.4 Å². The molecule has 1 aliphatic rings. The van der Waals surface area contributed by atoms with Crippen LogP contribution in [0.2, 0.25) is 0 Å². The summed E-state index contributed by atoms with van der Waals surface area (Å²) < 4.78 is 0. The van der Waals surface area contributed by atoms with Crippen LogP contribution in [0.25, 0.3) is 0 Å². The fourth-order valence-electron chi connectivity index (χ4n) is 4.11. The van der Waals surface area contributed by atoms with Gasteiger partial charge >= 0.3 is 0 Å². The summed E-state index contributed by atoms with van der Waals surface area (Å²) in [4.78, 5) is 27.4. The van der Waals surface area contributed by atoms with Gasteiger partial charge in [0, 0.05) is 31.6 Å². The number of hydrogen-bond acceptors (Lipinski definition) is 4. The van der Waals surface area contributed by atoms with Gasteiger partial charge in [-0.3, -0.25) is 9.59 Å². The molecule has 1 amide bonds. The number of carbonyl (C=O) groups is 2. The number of benzene rings is 1. The van der Waals surface area contributed by atoms with Gasteiger partial charge in [0.25, 0.3) is 5.91 Å². The number of Topliss-reactive ketones (excluding diaryl/α,β-unsaturated/α-hetero) is 1. The average Bonchev–Trinajstić information content (AvgIpc) is 2.71. The van der Waals surface area contributed by atoms with Gasteiger partial charge in [-0.15, -0.1) is 0 Å². The molecular weight excluding hydrogens is 374 g/mol. The van der Waals surface area contributed by atoms with Crippen LogP contribution < -0.4 is 16.0 Å². The SMILES string of the molecule is C=C(C)C(=O)CC(NC(=O)c1ccc(N(C)CCC(C)C)c(N)c1)C1CCCCC1. The lowest BCUT2D eigenvalue weighted by atomic mass is 9.81. The summed E-state index contributed by atoms with van der Waals surface area (Å²) in [5.41, 5.74) is 8.89. The van der Waals surface area contributed by atoms with Crippen molar-refractivity contribution in [2.24, 2.45) is 11.8 Å². The minimum absolute atomic E-state index is 0.0208. The third kappa shape index (κ3) is 6.89. The van der Waals surface area contributed by atoms with E-state index in [1.165, 1.54) is 6.42 Å². The van der Waals surface area contributed by atoms with E-state index in [0.717, 1.165) is 44.3 Å². The summed E-state index contributed by atoms with van der Waals surface area (Å²) in [6.45, 7) is 10.8. The van der Waals surface area contributed by atoms with Crippen LogP contribution in [0.15, 0.2) is 30.4 Å². The first-order chi connectivity index (χ1) is 14.2. The second-order valence-electron chi connectivity index (χ2n) is 9.26. The summed E-state index contributed by atoms with van der Waals surface area (Å²) in [6, 6.07) is 5.33. The zero-order valence-corrected chi connectivity index (χ0v) is 19.2. The van der Waals surface area contributed by atoms with Gasteiger partial charge in [-0.25, -0.2) is 0 Å². The van der Waals surface area contributed by atoms with E-state index < -0.39 is 0 Å². The molecule has 1 atom stereocenters. The van der Waals surface area contributed by atoms with Crippen LogP contribution in [-0.2, 0) is 4.79 Å². The smallest absolute Gasteiger partial charge is 0.251 e. The molecule has 1 aromatic rings. The van der Waals surface area contributed by atoms with Crippen molar-refractivity contribution in [3.63, 3.8) is 0 Å². The number of anilines is 2. The molecule has 3 N–H and O–H groups in total. The highest BCUT2D eigenvalue weighted by Gasteiger charge is 2.27. The molecule has 0 saturated heterocycles. The van der Waals surface area contributed by atoms with Gasteiger partial charge < -0.3 is 16.0 Å². The molecule has 1 saturated carbocycles. The Morgan fingerprint density at radius 3 is 2.47 bits per heavy atom. The van der Waals surface area contributed by atoms with Crippen molar-refractivity contribution in [3.8, 4) is 0 Å². The number of nitrogens with one attached hydrogen (secondary N) is 1. The Labute approximate surface area is 182 Å². The van der Waals surface area contributed by atoms with Gasteiger partial charge in [-0.1, -0.05) is 39.7 Å². The van der Waals surface area contributed by atoms with Gasteiger partial charge in [0.15, 0.2) is 5.78 Å². The van der Waals surface area contributed by atoms with Gasteiger partial charge in [0.2, 0.25) is 0 Å². The molecular formula is C25H39N3O2. The fraction of sp³-hybridized carbons (Fsp3) is 0.600. The number of allylic oxidation sites excluding steroid dienone is 1. The standard InChI is InChI=1S/C25H39N3O2/c1-17(2)13-14-28(5)23-12-11-20(15-21(23)26)25(30)27-22(16-24(29)18(3)4)19-9-7-6-8-10-19/h11-12,15,17,19,22H,3,6-10,13-14,16,26H2,1-2,4-5H3,(H,27,30). The molecule has 5 nitrogen and oxygen atoms in total. The maximum Gasteiger partial charge on any atom is 0.251 e. The van der Waals surface area contributed by atoms with E-state index in [2.05, 4.69) is 30.6 Å². The van der Waals surface area contributed by atoms with Crippen molar-refractivity contribution in [1.82, 2.24) is 5.32 Å². The first-order valence-electron chi connectivity index (χ1n) is 11.3. The lowest BCUT2D eigenvalue weighted by Crippen LogP contribution is -2.42. The van der Waals surface area contributed by atoms with Crippen LogP contribution in [0, 0.1) is 11.8 Å². The lowest BCUT2D eigenvalue weighted by Gasteiger charge is -2.31. The number of nitrogen functional groups attached to an aromatic ring is 1. The molecule has 0 bridgehead atoms. The van der Waals surface area contributed by atoms with Crippen molar-refractivity contribution in [3.05, 3.63) is 35.9 Å². The number of nitrogens with two attached hydrogens (primary N) is 1. The summed E-state index contributed by atoms with van der Waals surface area (Å²) in [5.74, 6) is 0.817. The Balaban J connectivity index is 2.11. The Kier molecular flexibility index (Phi) is 8.94. The van der Waals surface area contributed by atoms with Crippen molar-refractivity contribution < 1.29 is 9.59 Å². The predicted molar refractivity (Wildman–Crippen MR) is 126 cm³/mol. The number of hydrogen-bond donors (Lipinski definition) is 2. The van der Waals surface area contributed by atoms with Crippen LogP contribution in [0.4, 0.5) is 11.4 Å². The monoisotopic (exact) mass is 413 g/mol. The summed E-state index contributed by atoms with van der Waals surface area (Å²) in [6.07, 6.45) is 7.04. The zero-order chi connectivity index (χ0) is 22.3. The van der Waals surface area contributed by atoms with Gasteiger partial charge in [0.1, 0.15) is 0 Å². The van der Waals surface area contributed by atoms with Crippen LogP contribution in [0.3, 0.4) is 0 Å². The van der Waals surface area contributed by atoms with E-state index in [1.54, 1.807) is 13.0 Å². The van der Waals surface area contributed by atoms with E-state index in [9.17, 15) is 9.59 Å². The molecule has 0 aliphatic heterocycles. The molecule has 2 rings (SSSR count). The molecule has 0 radical (unpaired) electrons. The van der Waals surface area contributed by atoms with Crippen molar-refractivity contribution in [2.75, 3.05) is 24.2 Å². The Morgan fingerprint density at radius 2 is 1.90 bits per heavy atom.